The highest BCUT2D eigenvalue weighted by atomic mass is 32.2. The van der Waals surface area contributed by atoms with Gasteiger partial charge in [-0.2, -0.15) is 0 Å². The quantitative estimate of drug-likeness (QED) is 0.325. The first-order chi connectivity index (χ1) is 16.9. The highest BCUT2D eigenvalue weighted by Gasteiger charge is 2.35. The molecule has 0 spiro atoms. The van der Waals surface area contributed by atoms with Gasteiger partial charge in [0.25, 0.3) is 5.91 Å². The van der Waals surface area contributed by atoms with E-state index in [1.54, 1.807) is 23.1 Å². The van der Waals surface area contributed by atoms with Gasteiger partial charge >= 0.3 is 0 Å². The lowest BCUT2D eigenvalue weighted by molar-refractivity contribution is -0.123. The number of carbonyl (C=O) groups excluding carboxylic acids is 1. The zero-order valence-electron chi connectivity index (χ0n) is 19.9. The molecule has 3 aromatic carbocycles. The number of aliphatic imine (C=N–C) groups is 1. The second kappa shape index (κ2) is 11.2. The third kappa shape index (κ3) is 6.11. The smallest absolute Gasteiger partial charge is 0.266 e. The Morgan fingerprint density at radius 1 is 1.00 bits per heavy atom. The first kappa shape index (κ1) is 24.5. The SMILES string of the molecule is CCOc1cc(C=C2SC(=Nc3ccccc3)N(C(C)C)C2=O)ccc1OCc1cccc(F)c1. The van der Waals surface area contributed by atoms with Gasteiger partial charge in [-0.1, -0.05) is 36.4 Å². The number of halogens is 1. The van der Waals surface area contributed by atoms with E-state index in [1.807, 2.05) is 69.3 Å². The summed E-state index contributed by atoms with van der Waals surface area (Å²) in [5, 5.41) is 0.655. The van der Waals surface area contributed by atoms with Crippen LogP contribution in [0.4, 0.5) is 10.1 Å². The molecule has 0 saturated carbocycles. The zero-order chi connectivity index (χ0) is 24.8. The molecular weight excluding hydrogens is 463 g/mol. The lowest BCUT2D eigenvalue weighted by atomic mass is 10.1. The molecule has 7 heteroatoms. The Morgan fingerprint density at radius 3 is 2.51 bits per heavy atom. The van der Waals surface area contributed by atoms with E-state index in [0.29, 0.717) is 28.2 Å². The van der Waals surface area contributed by atoms with Crippen LogP contribution in [0.25, 0.3) is 6.08 Å². The lowest BCUT2D eigenvalue weighted by Gasteiger charge is -2.19. The molecule has 1 aliphatic heterocycles. The Kier molecular flexibility index (Phi) is 7.87. The van der Waals surface area contributed by atoms with Crippen LogP contribution in [-0.2, 0) is 11.4 Å². The Labute approximate surface area is 209 Å². The van der Waals surface area contributed by atoms with Crippen LogP contribution in [0.2, 0.25) is 0 Å². The summed E-state index contributed by atoms with van der Waals surface area (Å²) < 4.78 is 25.2. The normalized spacial score (nSPS) is 15.9. The molecule has 35 heavy (non-hydrogen) atoms. The van der Waals surface area contributed by atoms with Gasteiger partial charge in [0.05, 0.1) is 17.2 Å². The zero-order valence-corrected chi connectivity index (χ0v) is 20.7. The molecule has 1 heterocycles. The summed E-state index contributed by atoms with van der Waals surface area (Å²) in [5.41, 5.74) is 2.34. The second-order valence-corrected chi connectivity index (χ2v) is 9.18. The Morgan fingerprint density at radius 2 is 1.80 bits per heavy atom. The predicted octanol–water partition coefficient (Wildman–Crippen LogP) is 6.82. The summed E-state index contributed by atoms with van der Waals surface area (Å²) in [4.78, 5) is 20.2. The van der Waals surface area contributed by atoms with Crippen LogP contribution in [-0.4, -0.2) is 28.6 Å². The van der Waals surface area contributed by atoms with Gasteiger partial charge in [-0.15, -0.1) is 0 Å². The van der Waals surface area contributed by atoms with E-state index in [2.05, 4.69) is 0 Å². The average molecular weight is 491 g/mol. The van der Waals surface area contributed by atoms with Crippen LogP contribution >= 0.6 is 11.8 Å². The fourth-order valence-corrected chi connectivity index (χ4v) is 4.69. The molecule has 1 fully saturated rings. The van der Waals surface area contributed by atoms with Gasteiger partial charge in [-0.25, -0.2) is 9.38 Å². The number of nitrogens with zero attached hydrogens (tertiary/aromatic N) is 2. The molecular formula is C28H27FN2O3S. The molecule has 0 N–H and O–H groups in total. The first-order valence-electron chi connectivity index (χ1n) is 11.5. The highest BCUT2D eigenvalue weighted by molar-refractivity contribution is 8.18. The average Bonchev–Trinajstić information content (AvgIpc) is 3.14. The third-order valence-corrected chi connectivity index (χ3v) is 6.17. The molecule has 0 atom stereocenters. The number of hydrogen-bond acceptors (Lipinski definition) is 5. The van der Waals surface area contributed by atoms with Crippen LogP contribution in [0.5, 0.6) is 11.5 Å². The van der Waals surface area contributed by atoms with E-state index in [9.17, 15) is 9.18 Å². The van der Waals surface area contributed by atoms with Crippen LogP contribution in [0.15, 0.2) is 82.7 Å². The van der Waals surface area contributed by atoms with Crippen molar-refractivity contribution in [2.24, 2.45) is 4.99 Å². The summed E-state index contributed by atoms with van der Waals surface area (Å²) in [6.07, 6.45) is 1.84. The number of ether oxygens (including phenoxy) is 2. The number of para-hydroxylation sites is 1. The minimum atomic E-state index is -0.303. The van der Waals surface area contributed by atoms with Crippen molar-refractivity contribution in [3.63, 3.8) is 0 Å². The van der Waals surface area contributed by atoms with Crippen molar-refractivity contribution in [3.05, 3.63) is 94.6 Å². The molecule has 3 aromatic rings. The van der Waals surface area contributed by atoms with E-state index < -0.39 is 0 Å². The van der Waals surface area contributed by atoms with E-state index in [4.69, 9.17) is 14.5 Å². The topological polar surface area (TPSA) is 51.1 Å². The van der Waals surface area contributed by atoms with E-state index in [-0.39, 0.29) is 24.4 Å². The van der Waals surface area contributed by atoms with Crippen LogP contribution in [0.3, 0.4) is 0 Å². The molecule has 1 aliphatic rings. The number of thioether (sulfide) groups is 1. The maximum atomic E-state index is 13.5. The summed E-state index contributed by atoms with van der Waals surface area (Å²) in [6, 6.07) is 21.4. The number of hydrogen-bond donors (Lipinski definition) is 0. The minimum Gasteiger partial charge on any atom is -0.490 e. The fourth-order valence-electron chi connectivity index (χ4n) is 3.57. The number of amidine groups is 1. The van der Waals surface area contributed by atoms with Crippen molar-refractivity contribution in [3.8, 4) is 11.5 Å². The second-order valence-electron chi connectivity index (χ2n) is 8.17. The van der Waals surface area contributed by atoms with Crippen molar-refractivity contribution >= 4 is 34.6 Å². The van der Waals surface area contributed by atoms with Crippen LogP contribution < -0.4 is 9.47 Å². The molecule has 5 nitrogen and oxygen atoms in total. The molecule has 0 radical (unpaired) electrons. The fraction of sp³-hybridized carbons (Fsp3) is 0.214. The molecule has 4 rings (SSSR count). The molecule has 1 amide bonds. The van der Waals surface area contributed by atoms with Crippen molar-refractivity contribution in [1.29, 1.82) is 0 Å². The van der Waals surface area contributed by atoms with E-state index in [0.717, 1.165) is 16.8 Å². The summed E-state index contributed by atoms with van der Waals surface area (Å²) in [5.74, 6) is 0.734. The number of rotatable bonds is 8. The number of carbonyl (C=O) groups is 1. The Balaban J connectivity index is 1.58. The molecule has 0 aromatic heterocycles. The van der Waals surface area contributed by atoms with Crippen LogP contribution in [0.1, 0.15) is 31.9 Å². The van der Waals surface area contributed by atoms with Gasteiger partial charge in [0.2, 0.25) is 0 Å². The molecule has 0 unspecified atom stereocenters. The van der Waals surface area contributed by atoms with Gasteiger partial charge in [0, 0.05) is 6.04 Å². The largest absolute Gasteiger partial charge is 0.490 e. The molecule has 0 bridgehead atoms. The van der Waals surface area contributed by atoms with E-state index >= 15 is 0 Å². The summed E-state index contributed by atoms with van der Waals surface area (Å²) in [6.45, 7) is 6.51. The van der Waals surface area contributed by atoms with Gasteiger partial charge in [-0.3, -0.25) is 9.69 Å². The van der Waals surface area contributed by atoms with E-state index in [1.165, 1.54) is 23.9 Å². The Bertz CT molecular complexity index is 1260. The van der Waals surface area contributed by atoms with Crippen molar-refractivity contribution in [2.75, 3.05) is 6.61 Å². The summed E-state index contributed by atoms with van der Waals surface area (Å²) >= 11 is 1.36. The van der Waals surface area contributed by atoms with Gasteiger partial charge < -0.3 is 9.47 Å². The molecule has 0 aliphatic carbocycles. The lowest BCUT2D eigenvalue weighted by Crippen LogP contribution is -2.35. The third-order valence-electron chi connectivity index (χ3n) is 5.18. The van der Waals surface area contributed by atoms with Crippen LogP contribution in [0, 0.1) is 5.82 Å². The molecule has 180 valence electrons. The predicted molar refractivity (Wildman–Crippen MR) is 139 cm³/mol. The number of amides is 1. The minimum absolute atomic E-state index is 0.0269. The van der Waals surface area contributed by atoms with Gasteiger partial charge in [0.1, 0.15) is 12.4 Å². The van der Waals surface area contributed by atoms with Crippen molar-refractivity contribution in [2.45, 2.75) is 33.4 Å². The Hall–Kier alpha value is -3.58. The highest BCUT2D eigenvalue weighted by Crippen LogP contribution is 2.37. The first-order valence-corrected chi connectivity index (χ1v) is 12.3. The van der Waals surface area contributed by atoms with Crippen molar-refractivity contribution < 1.29 is 18.7 Å². The number of benzene rings is 3. The van der Waals surface area contributed by atoms with Crippen molar-refractivity contribution in [1.82, 2.24) is 4.90 Å². The standard InChI is InChI=1S/C28H27FN2O3S/c1-4-33-25-16-20(13-14-24(25)34-18-21-9-8-10-22(29)15-21)17-26-27(32)31(19(2)3)28(35-26)30-23-11-6-5-7-12-23/h5-17,19H,4,18H2,1-3H3. The molecule has 1 saturated heterocycles. The maximum Gasteiger partial charge on any atom is 0.266 e. The van der Waals surface area contributed by atoms with Gasteiger partial charge in [0.15, 0.2) is 16.7 Å². The summed E-state index contributed by atoms with van der Waals surface area (Å²) in [7, 11) is 0. The van der Waals surface area contributed by atoms with Gasteiger partial charge in [-0.05, 0) is 86.1 Å². The maximum absolute atomic E-state index is 13.5. The monoisotopic (exact) mass is 490 g/mol.